The summed E-state index contributed by atoms with van der Waals surface area (Å²) in [6, 6.07) is 0. The third-order valence-corrected chi connectivity index (χ3v) is 4.59. The van der Waals surface area contributed by atoms with E-state index in [0.29, 0.717) is 5.92 Å². The van der Waals surface area contributed by atoms with E-state index in [9.17, 15) is 0 Å². The van der Waals surface area contributed by atoms with Gasteiger partial charge in [-0.3, -0.25) is 4.99 Å². The minimum Gasteiger partial charge on any atom is -0.381 e. The van der Waals surface area contributed by atoms with Gasteiger partial charge in [0.1, 0.15) is 0 Å². The average Bonchev–Trinajstić information content (AvgIpc) is 3.18. The first-order valence-electron chi connectivity index (χ1n) is 8.17. The van der Waals surface area contributed by atoms with Crippen LogP contribution in [-0.2, 0) is 16.0 Å². The Morgan fingerprint density at radius 1 is 1.58 bits per heavy atom. The average molecular weight is 468 g/mol. The number of aromatic nitrogens is 1. The van der Waals surface area contributed by atoms with Crippen LogP contribution in [0.5, 0.6) is 0 Å². The summed E-state index contributed by atoms with van der Waals surface area (Å²) in [5, 5.41) is 6.57. The van der Waals surface area contributed by atoms with E-state index in [-0.39, 0.29) is 24.0 Å². The molecule has 1 aliphatic rings. The van der Waals surface area contributed by atoms with E-state index in [1.807, 2.05) is 21.0 Å². The molecule has 138 valence electrons. The lowest BCUT2D eigenvalue weighted by Gasteiger charge is -2.21. The van der Waals surface area contributed by atoms with Crippen molar-refractivity contribution in [3.63, 3.8) is 0 Å². The molecule has 0 spiro atoms. The third kappa shape index (κ3) is 7.62. The second-order valence-electron chi connectivity index (χ2n) is 5.85. The van der Waals surface area contributed by atoms with Crippen molar-refractivity contribution in [3.8, 4) is 0 Å². The van der Waals surface area contributed by atoms with Gasteiger partial charge in [-0.05, 0) is 19.8 Å². The molecule has 1 N–H and O–H groups in total. The molecule has 0 aliphatic carbocycles. The van der Waals surface area contributed by atoms with Crippen molar-refractivity contribution >= 4 is 41.3 Å². The van der Waals surface area contributed by atoms with Gasteiger partial charge >= 0.3 is 0 Å². The highest BCUT2D eigenvalue weighted by Crippen LogP contribution is 2.12. The van der Waals surface area contributed by atoms with Crippen molar-refractivity contribution in [2.24, 2.45) is 10.9 Å². The Bertz CT molecular complexity index is 492. The summed E-state index contributed by atoms with van der Waals surface area (Å²) in [7, 11) is 3.84. The zero-order valence-corrected chi connectivity index (χ0v) is 17.9. The standard InChI is InChI=1S/C16H28N4O2S.HI/c1-13-19-15(12-23-13)9-20(3)16(17-2)18-6-4-7-21-10-14-5-8-22-11-14;/h12,14H,4-11H2,1-3H3,(H,17,18);1H. The van der Waals surface area contributed by atoms with E-state index < -0.39 is 0 Å². The minimum absolute atomic E-state index is 0. The number of aryl methyl sites for hydroxylation is 1. The predicted molar refractivity (Wildman–Crippen MR) is 109 cm³/mol. The number of hydrogen-bond acceptors (Lipinski definition) is 5. The van der Waals surface area contributed by atoms with E-state index in [1.165, 1.54) is 0 Å². The highest BCUT2D eigenvalue weighted by molar-refractivity contribution is 14.0. The molecule has 6 nitrogen and oxygen atoms in total. The zero-order chi connectivity index (χ0) is 16.5. The molecule has 2 heterocycles. The smallest absolute Gasteiger partial charge is 0.193 e. The largest absolute Gasteiger partial charge is 0.381 e. The van der Waals surface area contributed by atoms with E-state index in [1.54, 1.807) is 11.3 Å². The maximum absolute atomic E-state index is 5.71. The van der Waals surface area contributed by atoms with Crippen molar-refractivity contribution in [3.05, 3.63) is 16.1 Å². The second-order valence-corrected chi connectivity index (χ2v) is 6.91. The van der Waals surface area contributed by atoms with Crippen LogP contribution < -0.4 is 5.32 Å². The number of thiazole rings is 1. The summed E-state index contributed by atoms with van der Waals surface area (Å²) in [5.74, 6) is 1.48. The van der Waals surface area contributed by atoms with Gasteiger partial charge in [0.15, 0.2) is 5.96 Å². The number of ether oxygens (including phenoxy) is 2. The lowest BCUT2D eigenvalue weighted by Crippen LogP contribution is -2.39. The number of nitrogens with one attached hydrogen (secondary N) is 1. The Morgan fingerprint density at radius 2 is 2.42 bits per heavy atom. The summed E-state index contributed by atoms with van der Waals surface area (Å²) in [5.41, 5.74) is 1.08. The van der Waals surface area contributed by atoms with E-state index in [2.05, 4.69) is 25.6 Å². The molecule has 2 rings (SSSR count). The lowest BCUT2D eigenvalue weighted by atomic mass is 10.1. The lowest BCUT2D eigenvalue weighted by molar-refractivity contribution is 0.0887. The van der Waals surface area contributed by atoms with Gasteiger partial charge in [-0.25, -0.2) is 4.98 Å². The summed E-state index contributed by atoms with van der Waals surface area (Å²) >= 11 is 1.68. The predicted octanol–water partition coefficient (Wildman–Crippen LogP) is 2.52. The molecule has 8 heteroatoms. The Kier molecular flexibility index (Phi) is 10.8. The number of aliphatic imine (C=N–C) groups is 1. The monoisotopic (exact) mass is 468 g/mol. The number of guanidine groups is 1. The Hall–Kier alpha value is -0.450. The number of halogens is 1. The van der Waals surface area contributed by atoms with Crippen molar-refractivity contribution in [2.45, 2.75) is 26.3 Å². The molecule has 1 aliphatic heterocycles. The van der Waals surface area contributed by atoms with Crippen LogP contribution in [0.15, 0.2) is 10.4 Å². The maximum atomic E-state index is 5.71. The molecule has 0 bridgehead atoms. The quantitative estimate of drug-likeness (QED) is 0.275. The number of hydrogen-bond donors (Lipinski definition) is 1. The van der Waals surface area contributed by atoms with Gasteiger partial charge in [0, 0.05) is 45.2 Å². The molecule has 0 amide bonds. The minimum atomic E-state index is 0. The molecule has 24 heavy (non-hydrogen) atoms. The van der Waals surface area contributed by atoms with Crippen LogP contribution in [0.3, 0.4) is 0 Å². The highest BCUT2D eigenvalue weighted by Gasteiger charge is 2.15. The normalized spacial score (nSPS) is 17.6. The van der Waals surface area contributed by atoms with Gasteiger partial charge in [0.05, 0.1) is 30.5 Å². The van der Waals surface area contributed by atoms with Gasteiger partial charge in [-0.15, -0.1) is 35.3 Å². The summed E-state index contributed by atoms with van der Waals surface area (Å²) in [6.45, 7) is 6.98. The van der Waals surface area contributed by atoms with Crippen molar-refractivity contribution in [1.29, 1.82) is 0 Å². The molecule has 1 fully saturated rings. The van der Waals surface area contributed by atoms with Gasteiger partial charge < -0.3 is 19.7 Å². The van der Waals surface area contributed by atoms with Gasteiger partial charge in [-0.1, -0.05) is 0 Å². The molecule has 0 aromatic carbocycles. The van der Waals surface area contributed by atoms with Gasteiger partial charge in [-0.2, -0.15) is 0 Å². The van der Waals surface area contributed by atoms with E-state index in [4.69, 9.17) is 9.47 Å². The highest BCUT2D eigenvalue weighted by atomic mass is 127. The van der Waals surface area contributed by atoms with E-state index in [0.717, 1.165) is 69.0 Å². The van der Waals surface area contributed by atoms with Crippen molar-refractivity contribution in [2.75, 3.05) is 47.1 Å². The fraction of sp³-hybridized carbons (Fsp3) is 0.750. The molecule has 1 unspecified atom stereocenters. The molecule has 1 saturated heterocycles. The maximum Gasteiger partial charge on any atom is 0.193 e. The number of nitrogens with zero attached hydrogens (tertiary/aromatic N) is 3. The Labute approximate surface area is 166 Å². The second kappa shape index (κ2) is 12.0. The SMILES string of the molecule is CN=C(NCCCOCC1CCOC1)N(C)Cc1csc(C)n1.I. The van der Waals surface area contributed by atoms with Gasteiger partial charge in [0.2, 0.25) is 0 Å². The van der Waals surface area contributed by atoms with Crippen LogP contribution in [0.1, 0.15) is 23.5 Å². The van der Waals surface area contributed by atoms with Crippen LogP contribution in [-0.4, -0.2) is 62.9 Å². The van der Waals surface area contributed by atoms with Crippen LogP contribution in [0, 0.1) is 12.8 Å². The van der Waals surface area contributed by atoms with Crippen LogP contribution in [0.25, 0.3) is 0 Å². The van der Waals surface area contributed by atoms with Crippen molar-refractivity contribution in [1.82, 2.24) is 15.2 Å². The molecule has 0 saturated carbocycles. The molecular formula is C16H29IN4O2S. The van der Waals surface area contributed by atoms with Gasteiger partial charge in [0.25, 0.3) is 0 Å². The fourth-order valence-electron chi connectivity index (χ4n) is 2.52. The zero-order valence-electron chi connectivity index (χ0n) is 14.8. The third-order valence-electron chi connectivity index (χ3n) is 3.77. The topological polar surface area (TPSA) is 59.0 Å². The fourth-order valence-corrected chi connectivity index (χ4v) is 3.13. The van der Waals surface area contributed by atoms with Crippen LogP contribution in [0.4, 0.5) is 0 Å². The molecule has 1 atom stereocenters. The molecule has 1 aromatic rings. The van der Waals surface area contributed by atoms with E-state index >= 15 is 0 Å². The molecule has 1 aromatic heterocycles. The van der Waals surface area contributed by atoms with Crippen LogP contribution in [0.2, 0.25) is 0 Å². The van der Waals surface area contributed by atoms with Crippen LogP contribution >= 0.6 is 35.3 Å². The first-order valence-corrected chi connectivity index (χ1v) is 9.05. The first kappa shape index (κ1) is 21.6. The Morgan fingerprint density at radius 3 is 3.04 bits per heavy atom. The molecular weight excluding hydrogens is 439 g/mol. The number of rotatable bonds is 8. The summed E-state index contributed by atoms with van der Waals surface area (Å²) < 4.78 is 11.0. The van der Waals surface area contributed by atoms with Crippen molar-refractivity contribution < 1.29 is 9.47 Å². The first-order chi connectivity index (χ1) is 11.2. The molecule has 0 radical (unpaired) electrons. The Balaban J connectivity index is 0.00000288. The summed E-state index contributed by atoms with van der Waals surface area (Å²) in [4.78, 5) is 10.9. The summed E-state index contributed by atoms with van der Waals surface area (Å²) in [6.07, 6.45) is 2.10.